The summed E-state index contributed by atoms with van der Waals surface area (Å²) in [6.45, 7) is 0. The number of fused-ring (bicyclic) bond motifs is 1. The van der Waals surface area contributed by atoms with Gasteiger partial charge in [0.2, 0.25) is 5.82 Å². The van der Waals surface area contributed by atoms with Crippen molar-refractivity contribution in [2.75, 3.05) is 0 Å². The molecule has 0 aliphatic heterocycles. The Morgan fingerprint density at radius 1 is 1.29 bits per heavy atom. The number of rotatable bonds is 2. The first-order chi connectivity index (χ1) is 8.25. The lowest BCUT2D eigenvalue weighted by Gasteiger charge is -1.97. The minimum atomic E-state index is -2.71. The van der Waals surface area contributed by atoms with E-state index in [2.05, 4.69) is 15.1 Å². The van der Waals surface area contributed by atoms with Crippen molar-refractivity contribution in [3.8, 4) is 11.6 Å². The van der Waals surface area contributed by atoms with Crippen molar-refractivity contribution in [2.24, 2.45) is 0 Å². The molecule has 0 saturated carbocycles. The number of aromatic nitrogens is 4. The lowest BCUT2D eigenvalue weighted by molar-refractivity contribution is 0.140. The number of nitrogens with zero attached hydrogens (tertiary/aromatic N) is 4. The maximum Gasteiger partial charge on any atom is 0.299 e. The van der Waals surface area contributed by atoms with Gasteiger partial charge in [0.1, 0.15) is 0 Å². The fourth-order valence-corrected chi connectivity index (χ4v) is 1.50. The molecule has 7 heteroatoms. The van der Waals surface area contributed by atoms with Gasteiger partial charge in [-0.15, -0.1) is 5.10 Å². The van der Waals surface area contributed by atoms with Gasteiger partial charge in [-0.2, -0.15) is 4.52 Å². The Balaban J connectivity index is 2.25. The number of hydrogen-bond donors (Lipinski definition) is 0. The average Bonchev–Trinajstić information content (AvgIpc) is 2.97. The average molecular weight is 236 g/mol. The molecule has 0 bridgehead atoms. The summed E-state index contributed by atoms with van der Waals surface area (Å²) in [5, 5.41) is 3.70. The molecule has 0 N–H and O–H groups in total. The number of hydrogen-bond acceptors (Lipinski definition) is 4. The zero-order chi connectivity index (χ0) is 11.8. The van der Waals surface area contributed by atoms with Gasteiger partial charge in [0.15, 0.2) is 17.2 Å². The molecule has 0 aliphatic rings. The van der Waals surface area contributed by atoms with E-state index in [0.717, 1.165) is 0 Å². The number of alkyl halides is 2. The first kappa shape index (κ1) is 9.88. The maximum absolute atomic E-state index is 12.5. The molecule has 0 saturated heterocycles. The molecule has 3 rings (SSSR count). The predicted molar refractivity (Wildman–Crippen MR) is 53.4 cm³/mol. The minimum absolute atomic E-state index is 0.307. The van der Waals surface area contributed by atoms with E-state index in [1.807, 2.05) is 0 Å². The third kappa shape index (κ3) is 1.55. The second-order valence-electron chi connectivity index (χ2n) is 3.29. The molecule has 5 nitrogen and oxygen atoms in total. The number of furan rings is 1. The van der Waals surface area contributed by atoms with Crippen molar-refractivity contribution in [2.45, 2.75) is 6.43 Å². The van der Waals surface area contributed by atoms with Gasteiger partial charge in [-0.25, -0.2) is 18.7 Å². The van der Waals surface area contributed by atoms with Gasteiger partial charge in [0, 0.05) is 12.3 Å². The largest absolute Gasteiger partial charge is 0.461 e. The fourth-order valence-electron chi connectivity index (χ4n) is 1.50. The molecular formula is C10H6F2N4O. The molecule has 0 aromatic carbocycles. The zero-order valence-electron chi connectivity index (χ0n) is 8.42. The van der Waals surface area contributed by atoms with Crippen LogP contribution < -0.4 is 0 Å². The Morgan fingerprint density at radius 3 is 2.88 bits per heavy atom. The van der Waals surface area contributed by atoms with Crippen molar-refractivity contribution in [3.05, 3.63) is 36.5 Å². The molecule has 86 valence electrons. The third-order valence-corrected chi connectivity index (χ3v) is 2.21. The van der Waals surface area contributed by atoms with Crippen molar-refractivity contribution in [1.29, 1.82) is 0 Å². The highest BCUT2D eigenvalue weighted by molar-refractivity contribution is 5.52. The smallest absolute Gasteiger partial charge is 0.299 e. The highest BCUT2D eigenvalue weighted by Crippen LogP contribution is 2.20. The lowest BCUT2D eigenvalue weighted by atomic mass is 10.4. The third-order valence-electron chi connectivity index (χ3n) is 2.21. The Kier molecular flexibility index (Phi) is 2.10. The zero-order valence-corrected chi connectivity index (χ0v) is 8.42. The van der Waals surface area contributed by atoms with Gasteiger partial charge < -0.3 is 4.42 Å². The highest BCUT2D eigenvalue weighted by atomic mass is 19.3. The van der Waals surface area contributed by atoms with E-state index in [1.165, 1.54) is 23.0 Å². The van der Waals surface area contributed by atoms with Crippen LogP contribution in [0.25, 0.3) is 17.2 Å². The van der Waals surface area contributed by atoms with Crippen molar-refractivity contribution >= 4 is 5.65 Å². The summed E-state index contributed by atoms with van der Waals surface area (Å²) in [5.41, 5.74) is 0.307. The quantitative estimate of drug-likeness (QED) is 0.685. The Labute approximate surface area is 93.7 Å². The van der Waals surface area contributed by atoms with Crippen LogP contribution in [0, 0.1) is 0 Å². The van der Waals surface area contributed by atoms with Gasteiger partial charge in [0.25, 0.3) is 6.43 Å². The molecule has 0 unspecified atom stereocenters. The predicted octanol–water partition coefficient (Wildman–Crippen LogP) is 2.32. The fraction of sp³-hybridized carbons (Fsp3) is 0.100. The summed E-state index contributed by atoms with van der Waals surface area (Å²) in [5.74, 6) is 0.263. The summed E-state index contributed by atoms with van der Waals surface area (Å²) in [4.78, 5) is 7.75. The van der Waals surface area contributed by atoms with Crippen LogP contribution in [0.5, 0.6) is 0 Å². The molecule has 17 heavy (non-hydrogen) atoms. The lowest BCUT2D eigenvalue weighted by Crippen LogP contribution is -1.96. The molecule has 3 heterocycles. The van der Waals surface area contributed by atoms with Crippen LogP contribution in [0.2, 0.25) is 0 Å². The first-order valence-corrected chi connectivity index (χ1v) is 4.79. The van der Waals surface area contributed by atoms with E-state index in [9.17, 15) is 8.78 Å². The van der Waals surface area contributed by atoms with E-state index in [0.29, 0.717) is 17.2 Å². The summed E-state index contributed by atoms with van der Waals surface area (Å²) in [7, 11) is 0. The Hall–Kier alpha value is -2.31. The molecular weight excluding hydrogens is 230 g/mol. The Bertz CT molecular complexity index is 647. The van der Waals surface area contributed by atoms with Crippen LogP contribution >= 0.6 is 0 Å². The van der Waals surface area contributed by atoms with Crippen molar-refractivity contribution in [3.63, 3.8) is 0 Å². The normalized spacial score (nSPS) is 11.5. The van der Waals surface area contributed by atoms with Crippen LogP contribution in [0.4, 0.5) is 8.78 Å². The standard InChI is InChI=1S/C10H6F2N4O/c11-8(12)9-14-7-3-4-13-10(16(7)15-9)6-2-1-5-17-6/h1-5,8H. The van der Waals surface area contributed by atoms with Crippen LogP contribution in [0.15, 0.2) is 35.1 Å². The van der Waals surface area contributed by atoms with E-state index in [1.54, 1.807) is 12.1 Å². The molecule has 0 atom stereocenters. The molecule has 0 spiro atoms. The molecule has 0 radical (unpaired) electrons. The van der Waals surface area contributed by atoms with Crippen LogP contribution in [-0.4, -0.2) is 19.6 Å². The SMILES string of the molecule is FC(F)c1nc2ccnc(-c3ccco3)n2n1. The second-order valence-corrected chi connectivity index (χ2v) is 3.29. The Morgan fingerprint density at radius 2 is 2.18 bits per heavy atom. The van der Waals surface area contributed by atoms with Crippen LogP contribution in [-0.2, 0) is 0 Å². The van der Waals surface area contributed by atoms with Crippen molar-refractivity contribution in [1.82, 2.24) is 19.6 Å². The first-order valence-electron chi connectivity index (χ1n) is 4.79. The van der Waals surface area contributed by atoms with Gasteiger partial charge in [-0.3, -0.25) is 0 Å². The van der Waals surface area contributed by atoms with Crippen molar-refractivity contribution < 1.29 is 13.2 Å². The van der Waals surface area contributed by atoms with Crippen LogP contribution in [0.3, 0.4) is 0 Å². The summed E-state index contributed by atoms with van der Waals surface area (Å²) < 4.78 is 31.4. The monoisotopic (exact) mass is 236 g/mol. The van der Waals surface area contributed by atoms with Gasteiger partial charge in [0.05, 0.1) is 6.26 Å². The van der Waals surface area contributed by atoms with Gasteiger partial charge >= 0.3 is 0 Å². The van der Waals surface area contributed by atoms with Crippen LogP contribution in [0.1, 0.15) is 12.2 Å². The maximum atomic E-state index is 12.5. The molecule has 3 aromatic rings. The molecule has 3 aromatic heterocycles. The molecule has 0 amide bonds. The summed E-state index contributed by atoms with van der Waals surface area (Å²) in [6.07, 6.45) is 0.233. The topological polar surface area (TPSA) is 56.2 Å². The van der Waals surface area contributed by atoms with E-state index in [-0.39, 0.29) is 0 Å². The van der Waals surface area contributed by atoms with E-state index >= 15 is 0 Å². The summed E-state index contributed by atoms with van der Waals surface area (Å²) in [6, 6.07) is 4.86. The minimum Gasteiger partial charge on any atom is -0.461 e. The van der Waals surface area contributed by atoms with E-state index in [4.69, 9.17) is 4.42 Å². The second kappa shape index (κ2) is 3.62. The number of halogens is 2. The van der Waals surface area contributed by atoms with E-state index < -0.39 is 12.2 Å². The van der Waals surface area contributed by atoms with Gasteiger partial charge in [-0.05, 0) is 12.1 Å². The van der Waals surface area contributed by atoms with Gasteiger partial charge in [-0.1, -0.05) is 0 Å². The molecule has 0 fully saturated rings. The molecule has 0 aliphatic carbocycles. The summed E-state index contributed by atoms with van der Waals surface area (Å²) >= 11 is 0. The highest BCUT2D eigenvalue weighted by Gasteiger charge is 2.17.